The monoisotopic (exact) mass is 514 g/mol. The number of amides is 3. The second-order valence-electron chi connectivity index (χ2n) is 10.8. The molecule has 0 aliphatic carbocycles. The Labute approximate surface area is 217 Å². The molecule has 4 N–H and O–H groups in total. The highest BCUT2D eigenvalue weighted by Crippen LogP contribution is 2.24. The van der Waals surface area contributed by atoms with Crippen molar-refractivity contribution in [2.75, 3.05) is 66.3 Å². The molecule has 0 spiro atoms. The van der Waals surface area contributed by atoms with Crippen LogP contribution >= 0.6 is 0 Å². The fourth-order valence-corrected chi connectivity index (χ4v) is 4.24. The molecule has 11 heteroatoms. The minimum atomic E-state index is -0.0844. The van der Waals surface area contributed by atoms with Gasteiger partial charge in [-0.25, -0.2) is 15.2 Å². The first-order chi connectivity index (χ1) is 17.2. The Bertz CT molecular complexity index is 647. The van der Waals surface area contributed by atoms with E-state index in [-0.39, 0.29) is 29.4 Å². The van der Waals surface area contributed by atoms with Crippen molar-refractivity contribution in [1.82, 2.24) is 31.5 Å². The summed E-state index contributed by atoms with van der Waals surface area (Å²) in [6.45, 7) is 14.4. The van der Waals surface area contributed by atoms with E-state index in [2.05, 4.69) is 52.3 Å². The minimum Gasteiger partial charge on any atom is -0.378 e. The lowest BCUT2D eigenvalue weighted by Crippen LogP contribution is -2.43. The third kappa shape index (κ3) is 12.2. The highest BCUT2D eigenvalue weighted by atomic mass is 16.5. The van der Waals surface area contributed by atoms with E-state index < -0.39 is 0 Å². The fraction of sp³-hybridized carbons (Fsp3) is 0.920. The van der Waals surface area contributed by atoms with Gasteiger partial charge in [0.05, 0.1) is 45.7 Å². The maximum absolute atomic E-state index is 11.9. The second kappa shape index (κ2) is 16.4. The molecule has 0 aromatic rings. The fourth-order valence-electron chi connectivity index (χ4n) is 4.24. The number of carbonyl (C=O) groups excluding carboxylic acids is 2. The summed E-state index contributed by atoms with van der Waals surface area (Å²) in [4.78, 5) is 23.2. The van der Waals surface area contributed by atoms with Crippen LogP contribution in [0.15, 0.2) is 0 Å². The third-order valence-corrected chi connectivity index (χ3v) is 6.71. The van der Waals surface area contributed by atoms with Gasteiger partial charge < -0.3 is 30.2 Å². The van der Waals surface area contributed by atoms with Crippen LogP contribution in [-0.4, -0.2) is 107 Å². The van der Waals surface area contributed by atoms with E-state index in [1.807, 2.05) is 14.0 Å². The average Bonchev–Trinajstić information content (AvgIpc) is 3.34. The number of nitrogens with one attached hydrogen (secondary N) is 4. The second-order valence-corrected chi connectivity index (χ2v) is 10.8. The number of rotatable bonds is 18. The molecule has 11 nitrogen and oxygen atoms in total. The molecule has 2 saturated heterocycles. The molecule has 0 aromatic carbocycles. The normalized spacial score (nSPS) is 23.1. The highest BCUT2D eigenvalue weighted by molar-refractivity contribution is 5.77. The molecule has 210 valence electrons. The van der Waals surface area contributed by atoms with Crippen molar-refractivity contribution in [3.8, 4) is 0 Å². The molecule has 2 heterocycles. The van der Waals surface area contributed by atoms with Gasteiger partial charge in [0.1, 0.15) is 0 Å². The van der Waals surface area contributed by atoms with Gasteiger partial charge in [-0.3, -0.25) is 4.79 Å². The van der Waals surface area contributed by atoms with E-state index in [0.717, 1.165) is 38.8 Å². The van der Waals surface area contributed by atoms with Crippen LogP contribution in [0.25, 0.3) is 0 Å². The molecule has 2 aliphatic rings. The SMILES string of the molecule is C[C@@H]1NC(=O)N[C@@H]1CCCCCC(=O)NCCOCCOCCOCCN1CC(C(C)(C)C)NN1C. The lowest BCUT2D eigenvalue weighted by Gasteiger charge is -2.25. The van der Waals surface area contributed by atoms with E-state index in [0.29, 0.717) is 58.6 Å². The zero-order valence-corrected chi connectivity index (χ0v) is 23.1. The van der Waals surface area contributed by atoms with Gasteiger partial charge in [0.25, 0.3) is 0 Å². The lowest BCUT2D eigenvalue weighted by molar-refractivity contribution is -0.121. The first-order valence-corrected chi connectivity index (χ1v) is 13.5. The standard InChI is InChI=1S/C25H50N6O5/c1-20-21(28-24(33)27-20)9-7-6-8-10-23(32)26-11-13-34-15-17-36-18-16-35-14-12-31-19-22(25(2,3)4)29-30(31)5/h20-22,29H,6-19H2,1-5H3,(H,26,32)(H2,27,28,33)/t20-,21+,22?/m0/s1. The zero-order chi connectivity index (χ0) is 26.4. The number of hydrazine groups is 2. The molecule has 2 fully saturated rings. The Morgan fingerprint density at radius 3 is 2.28 bits per heavy atom. The third-order valence-electron chi connectivity index (χ3n) is 6.71. The van der Waals surface area contributed by atoms with Gasteiger partial charge in [0.15, 0.2) is 0 Å². The number of nitrogens with zero attached hydrogens (tertiary/aromatic N) is 2. The number of hydrogen-bond donors (Lipinski definition) is 4. The lowest BCUT2D eigenvalue weighted by atomic mass is 9.87. The van der Waals surface area contributed by atoms with E-state index >= 15 is 0 Å². The molecule has 3 amide bonds. The first-order valence-electron chi connectivity index (χ1n) is 13.5. The Balaban J connectivity index is 1.30. The van der Waals surface area contributed by atoms with Crippen molar-refractivity contribution in [2.45, 2.75) is 77.9 Å². The van der Waals surface area contributed by atoms with Crippen LogP contribution in [0, 0.1) is 5.41 Å². The maximum atomic E-state index is 11.9. The summed E-state index contributed by atoms with van der Waals surface area (Å²) in [5, 5.41) is 13.0. The zero-order valence-electron chi connectivity index (χ0n) is 23.1. The summed E-state index contributed by atoms with van der Waals surface area (Å²) >= 11 is 0. The maximum Gasteiger partial charge on any atom is 0.315 e. The van der Waals surface area contributed by atoms with Crippen LogP contribution in [0.3, 0.4) is 0 Å². The number of hydrogen-bond acceptors (Lipinski definition) is 8. The Morgan fingerprint density at radius 1 is 1.00 bits per heavy atom. The first kappa shape index (κ1) is 30.7. The molecule has 0 bridgehead atoms. The quantitative estimate of drug-likeness (QED) is 0.202. The van der Waals surface area contributed by atoms with Crippen LogP contribution in [0.4, 0.5) is 4.79 Å². The van der Waals surface area contributed by atoms with Gasteiger partial charge in [-0.15, -0.1) is 0 Å². The predicted octanol–water partition coefficient (Wildman–Crippen LogP) is 1.25. The van der Waals surface area contributed by atoms with Crippen molar-refractivity contribution in [1.29, 1.82) is 0 Å². The summed E-state index contributed by atoms with van der Waals surface area (Å²) in [6, 6.07) is 0.720. The topological polar surface area (TPSA) is 116 Å². The van der Waals surface area contributed by atoms with Crippen LogP contribution in [-0.2, 0) is 19.0 Å². The van der Waals surface area contributed by atoms with Crippen LogP contribution in [0.1, 0.15) is 59.8 Å². The van der Waals surface area contributed by atoms with Crippen LogP contribution < -0.4 is 21.4 Å². The van der Waals surface area contributed by atoms with Crippen molar-refractivity contribution in [2.24, 2.45) is 5.41 Å². The summed E-state index contributed by atoms with van der Waals surface area (Å²) in [7, 11) is 2.04. The van der Waals surface area contributed by atoms with Crippen molar-refractivity contribution >= 4 is 11.9 Å². The number of ether oxygens (including phenoxy) is 3. The largest absolute Gasteiger partial charge is 0.378 e. The molecular weight excluding hydrogens is 464 g/mol. The van der Waals surface area contributed by atoms with Gasteiger partial charge in [0.2, 0.25) is 5.91 Å². The Hall–Kier alpha value is -1.50. The van der Waals surface area contributed by atoms with E-state index in [9.17, 15) is 9.59 Å². The van der Waals surface area contributed by atoms with E-state index in [1.165, 1.54) is 0 Å². The van der Waals surface area contributed by atoms with Gasteiger partial charge in [0, 0.05) is 45.2 Å². The van der Waals surface area contributed by atoms with E-state index in [4.69, 9.17) is 14.2 Å². The van der Waals surface area contributed by atoms with Gasteiger partial charge >= 0.3 is 6.03 Å². The molecule has 0 saturated carbocycles. The van der Waals surface area contributed by atoms with Crippen molar-refractivity contribution in [3.05, 3.63) is 0 Å². The predicted molar refractivity (Wildman–Crippen MR) is 139 cm³/mol. The van der Waals surface area contributed by atoms with Gasteiger partial charge in [-0.2, -0.15) is 5.12 Å². The van der Waals surface area contributed by atoms with Gasteiger partial charge in [-0.1, -0.05) is 33.6 Å². The summed E-state index contributed by atoms with van der Waals surface area (Å²) in [6.07, 6.45) is 4.30. The molecular formula is C25H50N6O5. The minimum absolute atomic E-state index is 0.0565. The average molecular weight is 515 g/mol. The smallest absolute Gasteiger partial charge is 0.315 e. The Kier molecular flexibility index (Phi) is 14.0. The number of carbonyl (C=O) groups is 2. The van der Waals surface area contributed by atoms with Crippen LogP contribution in [0.2, 0.25) is 0 Å². The molecule has 3 atom stereocenters. The Morgan fingerprint density at radius 2 is 1.67 bits per heavy atom. The molecule has 1 unspecified atom stereocenters. The number of unbranched alkanes of at least 4 members (excludes halogenated alkanes) is 2. The molecule has 2 rings (SSSR count). The molecule has 0 radical (unpaired) electrons. The summed E-state index contributed by atoms with van der Waals surface area (Å²) in [5.41, 5.74) is 3.72. The van der Waals surface area contributed by atoms with Crippen LogP contribution in [0.5, 0.6) is 0 Å². The molecule has 2 aliphatic heterocycles. The number of urea groups is 1. The van der Waals surface area contributed by atoms with Gasteiger partial charge in [-0.05, 0) is 25.2 Å². The highest BCUT2D eigenvalue weighted by Gasteiger charge is 2.34. The van der Waals surface area contributed by atoms with E-state index in [1.54, 1.807) is 0 Å². The molecule has 36 heavy (non-hydrogen) atoms. The summed E-state index contributed by atoms with van der Waals surface area (Å²) in [5.74, 6) is 0.0565. The van der Waals surface area contributed by atoms with Crippen molar-refractivity contribution in [3.63, 3.8) is 0 Å². The molecule has 0 aromatic heterocycles. The summed E-state index contributed by atoms with van der Waals surface area (Å²) < 4.78 is 16.7. The van der Waals surface area contributed by atoms with Crippen molar-refractivity contribution < 1.29 is 23.8 Å².